The molecule has 2 N–H and O–H groups in total. The molecule has 0 saturated heterocycles. The summed E-state index contributed by atoms with van der Waals surface area (Å²) < 4.78 is 0.800. The molecule has 154 valence electrons. The molecule has 0 aliphatic heterocycles. The van der Waals surface area contributed by atoms with Crippen LogP contribution in [-0.2, 0) is 17.0 Å². The van der Waals surface area contributed by atoms with Crippen LogP contribution in [-0.4, -0.2) is 26.1 Å². The van der Waals surface area contributed by atoms with Crippen molar-refractivity contribution in [2.45, 2.75) is 36.8 Å². The summed E-state index contributed by atoms with van der Waals surface area (Å²) in [6, 6.07) is 10.1. The van der Waals surface area contributed by atoms with Gasteiger partial charge < -0.3 is 10.3 Å². The molecule has 0 bridgehead atoms. The van der Waals surface area contributed by atoms with Crippen LogP contribution in [0.4, 0.5) is 5.13 Å². The topological polar surface area (TPSA) is 101 Å². The average Bonchev–Trinajstić information content (AvgIpc) is 3.29. The molecule has 0 radical (unpaired) electrons. The fourth-order valence-electron chi connectivity index (χ4n) is 2.87. The van der Waals surface area contributed by atoms with E-state index in [-0.39, 0.29) is 17.9 Å². The van der Waals surface area contributed by atoms with Crippen LogP contribution >= 0.6 is 34.4 Å². The van der Waals surface area contributed by atoms with Crippen molar-refractivity contribution in [3.63, 3.8) is 0 Å². The first-order valence-corrected chi connectivity index (χ1v) is 11.9. The molecule has 0 fully saturated rings. The van der Waals surface area contributed by atoms with E-state index < -0.39 is 0 Å². The lowest BCUT2D eigenvalue weighted by molar-refractivity contribution is -0.116. The molecule has 0 spiro atoms. The van der Waals surface area contributed by atoms with Gasteiger partial charge in [-0.25, -0.2) is 4.98 Å². The smallest absolute Gasteiger partial charge is 0.259 e. The Morgan fingerprint density at radius 1 is 1.17 bits per heavy atom. The molecule has 7 nitrogen and oxygen atoms in total. The summed E-state index contributed by atoms with van der Waals surface area (Å²) in [5.74, 6) is 1.12. The summed E-state index contributed by atoms with van der Waals surface area (Å²) in [6.07, 6.45) is 0.547. The van der Waals surface area contributed by atoms with Crippen LogP contribution in [0.15, 0.2) is 39.5 Å². The number of H-pyrrole nitrogens is 1. The monoisotopic (exact) mass is 457 g/mol. The number of thioether (sulfide) groups is 1. The Balaban J connectivity index is 1.32. The van der Waals surface area contributed by atoms with Crippen molar-refractivity contribution < 1.29 is 4.79 Å². The minimum atomic E-state index is -0.188. The first-order valence-electron chi connectivity index (χ1n) is 9.28. The summed E-state index contributed by atoms with van der Waals surface area (Å²) in [5.41, 5.74) is 2.02. The highest BCUT2D eigenvalue weighted by Crippen LogP contribution is 2.28. The first-order chi connectivity index (χ1) is 14.5. The SMILES string of the molecule is Cc1sc2nc(CCC(=O)Nc3nnc(SCc4ccccc4)s3)[nH]c(=O)c2c1C. The van der Waals surface area contributed by atoms with Crippen molar-refractivity contribution >= 4 is 55.7 Å². The number of benzene rings is 1. The summed E-state index contributed by atoms with van der Waals surface area (Å²) in [4.78, 5) is 33.7. The Hall–Kier alpha value is -2.56. The fraction of sp³-hybridized carbons (Fsp3) is 0.250. The number of hydrogen-bond acceptors (Lipinski definition) is 8. The van der Waals surface area contributed by atoms with E-state index in [1.165, 1.54) is 28.2 Å². The minimum absolute atomic E-state index is 0.151. The lowest BCUT2D eigenvalue weighted by Crippen LogP contribution is -2.16. The fourth-order valence-corrected chi connectivity index (χ4v) is 5.64. The zero-order chi connectivity index (χ0) is 21.1. The predicted molar refractivity (Wildman–Crippen MR) is 123 cm³/mol. The third kappa shape index (κ3) is 4.77. The van der Waals surface area contributed by atoms with Gasteiger partial charge in [-0.05, 0) is 25.0 Å². The van der Waals surface area contributed by atoms with Gasteiger partial charge in [-0.15, -0.1) is 21.5 Å². The molecule has 1 amide bonds. The molecule has 0 unspecified atom stereocenters. The molecule has 4 rings (SSSR count). The zero-order valence-electron chi connectivity index (χ0n) is 16.4. The van der Waals surface area contributed by atoms with E-state index in [1.807, 2.05) is 32.0 Å². The molecular weight excluding hydrogens is 438 g/mol. The highest BCUT2D eigenvalue weighted by molar-refractivity contribution is 8.00. The molecule has 10 heteroatoms. The first kappa shape index (κ1) is 20.7. The number of aryl methyl sites for hydroxylation is 3. The van der Waals surface area contributed by atoms with Crippen LogP contribution in [0.25, 0.3) is 10.2 Å². The number of aromatic nitrogens is 4. The van der Waals surface area contributed by atoms with Gasteiger partial charge in [-0.2, -0.15) is 0 Å². The van der Waals surface area contributed by atoms with Gasteiger partial charge in [0.2, 0.25) is 11.0 Å². The van der Waals surface area contributed by atoms with E-state index in [0.29, 0.717) is 27.6 Å². The van der Waals surface area contributed by atoms with Gasteiger partial charge in [0.1, 0.15) is 10.7 Å². The molecule has 3 aromatic heterocycles. The number of hydrogen-bond donors (Lipinski definition) is 2. The van der Waals surface area contributed by atoms with Gasteiger partial charge in [0.25, 0.3) is 5.56 Å². The van der Waals surface area contributed by atoms with Crippen LogP contribution in [0.2, 0.25) is 0 Å². The Morgan fingerprint density at radius 3 is 2.77 bits per heavy atom. The van der Waals surface area contributed by atoms with Crippen LogP contribution in [0.3, 0.4) is 0 Å². The van der Waals surface area contributed by atoms with Crippen LogP contribution in [0.1, 0.15) is 28.2 Å². The second-order valence-electron chi connectivity index (χ2n) is 6.67. The predicted octanol–water partition coefficient (Wildman–Crippen LogP) is 4.32. The van der Waals surface area contributed by atoms with Crippen LogP contribution in [0.5, 0.6) is 0 Å². The quantitative estimate of drug-likeness (QED) is 0.317. The summed E-state index contributed by atoms with van der Waals surface area (Å²) in [6.45, 7) is 3.90. The van der Waals surface area contributed by atoms with Gasteiger partial charge in [-0.3, -0.25) is 9.59 Å². The normalized spacial score (nSPS) is 11.1. The Labute approximate surface area is 185 Å². The highest BCUT2D eigenvalue weighted by Gasteiger charge is 2.13. The van der Waals surface area contributed by atoms with Gasteiger partial charge in [0.15, 0.2) is 4.34 Å². The second kappa shape index (κ2) is 9.07. The Bertz CT molecular complexity index is 1250. The molecule has 1 aromatic carbocycles. The van der Waals surface area contributed by atoms with E-state index in [9.17, 15) is 9.59 Å². The molecule has 0 aliphatic rings. The molecule has 30 heavy (non-hydrogen) atoms. The highest BCUT2D eigenvalue weighted by atomic mass is 32.2. The van der Waals surface area contributed by atoms with Crippen LogP contribution in [0, 0.1) is 13.8 Å². The average molecular weight is 458 g/mol. The molecule has 4 aromatic rings. The number of fused-ring (bicyclic) bond motifs is 1. The summed E-state index contributed by atoms with van der Waals surface area (Å²) in [5, 5.41) is 12.0. The zero-order valence-corrected chi connectivity index (χ0v) is 18.8. The Morgan fingerprint density at radius 2 is 1.97 bits per heavy atom. The number of rotatable bonds is 7. The maximum Gasteiger partial charge on any atom is 0.259 e. The third-order valence-corrected chi connectivity index (χ3v) is 7.68. The van der Waals surface area contributed by atoms with Gasteiger partial charge >= 0.3 is 0 Å². The number of carbonyl (C=O) groups is 1. The largest absolute Gasteiger partial charge is 0.310 e. The molecule has 3 heterocycles. The lowest BCUT2D eigenvalue weighted by atomic mass is 10.2. The summed E-state index contributed by atoms with van der Waals surface area (Å²) in [7, 11) is 0. The van der Waals surface area contributed by atoms with Crippen molar-refractivity contribution in [1.82, 2.24) is 20.2 Å². The number of amides is 1. The maximum absolute atomic E-state index is 12.3. The summed E-state index contributed by atoms with van der Waals surface area (Å²) >= 11 is 4.43. The van der Waals surface area contributed by atoms with E-state index in [0.717, 1.165) is 20.5 Å². The second-order valence-corrected chi connectivity index (χ2v) is 10.1. The standard InChI is InChI=1S/C20H19N5O2S3/c1-11-12(2)29-18-16(11)17(27)21-14(22-18)8-9-15(26)23-19-24-25-20(30-19)28-10-13-6-4-3-5-7-13/h3-7H,8-10H2,1-2H3,(H,21,22,27)(H,23,24,26). The number of aromatic amines is 1. The van der Waals surface area contributed by atoms with Crippen molar-refractivity contribution in [2.24, 2.45) is 0 Å². The van der Waals surface area contributed by atoms with Crippen molar-refractivity contribution in [3.05, 3.63) is 62.5 Å². The van der Waals surface area contributed by atoms with Crippen molar-refractivity contribution in [1.29, 1.82) is 0 Å². The number of nitrogens with zero attached hydrogens (tertiary/aromatic N) is 3. The van der Waals surface area contributed by atoms with Gasteiger partial charge in [0, 0.05) is 23.5 Å². The van der Waals surface area contributed by atoms with E-state index >= 15 is 0 Å². The minimum Gasteiger partial charge on any atom is -0.310 e. The Kier molecular flexibility index (Phi) is 6.26. The van der Waals surface area contributed by atoms with E-state index in [4.69, 9.17) is 0 Å². The maximum atomic E-state index is 12.3. The van der Waals surface area contributed by atoms with Crippen molar-refractivity contribution in [2.75, 3.05) is 5.32 Å². The lowest BCUT2D eigenvalue weighted by Gasteiger charge is -2.02. The molecule has 0 aliphatic carbocycles. The van der Waals surface area contributed by atoms with Gasteiger partial charge in [0.05, 0.1) is 5.39 Å². The number of thiophene rings is 1. The van der Waals surface area contributed by atoms with E-state index in [1.54, 1.807) is 11.8 Å². The third-order valence-electron chi connectivity index (χ3n) is 4.53. The number of carbonyl (C=O) groups excluding carboxylic acids is 1. The van der Waals surface area contributed by atoms with Gasteiger partial charge in [-0.1, -0.05) is 53.4 Å². The van der Waals surface area contributed by atoms with E-state index in [2.05, 4.69) is 37.6 Å². The molecule has 0 atom stereocenters. The van der Waals surface area contributed by atoms with Crippen molar-refractivity contribution in [3.8, 4) is 0 Å². The number of nitrogens with one attached hydrogen (secondary N) is 2. The molecular formula is C20H19N5O2S3. The van der Waals surface area contributed by atoms with Crippen LogP contribution < -0.4 is 10.9 Å². The molecule has 0 saturated carbocycles. The number of anilines is 1.